The number of carbonyl (C=O) groups is 1. The smallest absolute Gasteiger partial charge is 0.335 e. The van der Waals surface area contributed by atoms with E-state index in [2.05, 4.69) is 24.3 Å². The van der Waals surface area contributed by atoms with Crippen LogP contribution in [0.2, 0.25) is 0 Å². The van der Waals surface area contributed by atoms with E-state index in [9.17, 15) is 4.79 Å². The van der Waals surface area contributed by atoms with Crippen molar-refractivity contribution in [3.63, 3.8) is 0 Å². The van der Waals surface area contributed by atoms with Gasteiger partial charge in [0.15, 0.2) is 6.10 Å². The van der Waals surface area contributed by atoms with E-state index < -0.39 is 6.10 Å². The number of ether oxygens (including phenoxy) is 5. The van der Waals surface area contributed by atoms with E-state index in [1.165, 1.54) is 22.3 Å². The van der Waals surface area contributed by atoms with E-state index in [0.717, 1.165) is 29.2 Å². The van der Waals surface area contributed by atoms with Gasteiger partial charge in [0.2, 0.25) is 0 Å². The van der Waals surface area contributed by atoms with Crippen molar-refractivity contribution in [2.45, 2.75) is 38.7 Å². The third-order valence-electron chi connectivity index (χ3n) is 6.50. The summed E-state index contributed by atoms with van der Waals surface area (Å²) in [5.41, 5.74) is 5.95. The fraction of sp³-hybridized carbons (Fsp3) is 0.367. The molecule has 0 spiro atoms. The Labute approximate surface area is 213 Å². The predicted molar refractivity (Wildman–Crippen MR) is 139 cm³/mol. The van der Waals surface area contributed by atoms with Crippen LogP contribution in [0.15, 0.2) is 60.7 Å². The van der Waals surface area contributed by atoms with Crippen molar-refractivity contribution in [2.24, 2.45) is 0 Å². The molecular weight excluding hydrogens is 456 g/mol. The molecule has 190 valence electrons. The predicted octanol–water partition coefficient (Wildman–Crippen LogP) is 5.80. The minimum atomic E-state index is -0.599. The summed E-state index contributed by atoms with van der Waals surface area (Å²) in [5.74, 6) is 2.35. The molecular formula is C30H34O6. The van der Waals surface area contributed by atoms with E-state index in [0.29, 0.717) is 26.2 Å². The third-order valence-corrected chi connectivity index (χ3v) is 6.50. The Morgan fingerprint density at radius 1 is 0.806 bits per heavy atom. The van der Waals surface area contributed by atoms with Crippen LogP contribution in [0.25, 0.3) is 11.1 Å². The lowest BCUT2D eigenvalue weighted by Gasteiger charge is -2.17. The van der Waals surface area contributed by atoms with Gasteiger partial charge in [0.1, 0.15) is 17.2 Å². The van der Waals surface area contributed by atoms with Gasteiger partial charge in [0.05, 0.1) is 27.4 Å². The van der Waals surface area contributed by atoms with Gasteiger partial charge in [-0.1, -0.05) is 24.3 Å². The Morgan fingerprint density at radius 3 is 1.92 bits per heavy atom. The second kappa shape index (κ2) is 12.0. The van der Waals surface area contributed by atoms with Gasteiger partial charge < -0.3 is 23.7 Å². The van der Waals surface area contributed by atoms with Crippen LogP contribution in [0.1, 0.15) is 42.9 Å². The van der Waals surface area contributed by atoms with Crippen molar-refractivity contribution in [3.05, 3.63) is 77.4 Å². The standard InChI is InChI=1S/C30H34O6/c1-5-34-29(30(31)35-6-2)17-20-7-9-21(10-8-20)36-16-15-26-27-18-22(32-3)11-13-24(27)25-14-12-23(33-4)19-28(25)26/h7-14,18-19,26,29H,5-6,15-17H2,1-4H3. The number of methoxy groups -OCH3 is 2. The van der Waals surface area contributed by atoms with E-state index in [1.807, 2.05) is 43.3 Å². The number of rotatable bonds is 12. The number of fused-ring (bicyclic) bond motifs is 3. The van der Waals surface area contributed by atoms with Crippen molar-refractivity contribution < 1.29 is 28.5 Å². The van der Waals surface area contributed by atoms with Crippen LogP contribution in [0.4, 0.5) is 0 Å². The van der Waals surface area contributed by atoms with Gasteiger partial charge in [0, 0.05) is 18.9 Å². The summed E-state index contributed by atoms with van der Waals surface area (Å²) in [6, 6.07) is 20.3. The first-order valence-corrected chi connectivity index (χ1v) is 12.4. The van der Waals surface area contributed by atoms with E-state index >= 15 is 0 Å². The lowest BCUT2D eigenvalue weighted by atomic mass is 9.93. The van der Waals surface area contributed by atoms with Crippen molar-refractivity contribution in [1.82, 2.24) is 0 Å². The van der Waals surface area contributed by atoms with Gasteiger partial charge in [-0.2, -0.15) is 0 Å². The molecule has 6 heteroatoms. The zero-order valence-electron chi connectivity index (χ0n) is 21.4. The lowest BCUT2D eigenvalue weighted by molar-refractivity contribution is -0.156. The van der Waals surface area contributed by atoms with Crippen molar-refractivity contribution in [1.29, 1.82) is 0 Å². The number of carbonyl (C=O) groups excluding carboxylic acids is 1. The molecule has 1 atom stereocenters. The average Bonchev–Trinajstić information content (AvgIpc) is 3.21. The molecule has 0 amide bonds. The minimum absolute atomic E-state index is 0.191. The summed E-state index contributed by atoms with van der Waals surface area (Å²) in [4.78, 5) is 12.1. The highest BCUT2D eigenvalue weighted by Gasteiger charge is 2.29. The molecule has 0 N–H and O–H groups in total. The maximum Gasteiger partial charge on any atom is 0.335 e. The topological polar surface area (TPSA) is 63.2 Å². The zero-order chi connectivity index (χ0) is 25.5. The molecule has 0 saturated heterocycles. The summed E-state index contributed by atoms with van der Waals surface area (Å²) in [6.45, 7) is 5.02. The summed E-state index contributed by atoms with van der Waals surface area (Å²) < 4.78 is 27.8. The van der Waals surface area contributed by atoms with Crippen LogP contribution in [0, 0.1) is 0 Å². The van der Waals surface area contributed by atoms with Crippen LogP contribution < -0.4 is 14.2 Å². The minimum Gasteiger partial charge on any atom is -0.497 e. The molecule has 0 aromatic heterocycles. The largest absolute Gasteiger partial charge is 0.497 e. The molecule has 1 unspecified atom stereocenters. The highest BCUT2D eigenvalue weighted by atomic mass is 16.6. The molecule has 0 radical (unpaired) electrons. The molecule has 0 bridgehead atoms. The Hall–Kier alpha value is -3.51. The highest BCUT2D eigenvalue weighted by molar-refractivity contribution is 5.80. The van der Waals surface area contributed by atoms with E-state index in [1.54, 1.807) is 21.1 Å². The Morgan fingerprint density at radius 2 is 1.39 bits per heavy atom. The number of benzene rings is 3. The van der Waals surface area contributed by atoms with Gasteiger partial charge in [-0.25, -0.2) is 4.79 Å². The van der Waals surface area contributed by atoms with Crippen molar-refractivity contribution >= 4 is 5.97 Å². The van der Waals surface area contributed by atoms with Crippen molar-refractivity contribution in [3.8, 4) is 28.4 Å². The molecule has 0 fully saturated rings. The molecule has 0 heterocycles. The SMILES string of the molecule is CCOC(=O)C(Cc1ccc(OCCC2c3cc(OC)ccc3-c3ccc(OC)cc32)cc1)OCC. The molecule has 1 aliphatic carbocycles. The first-order chi connectivity index (χ1) is 17.6. The van der Waals surface area contributed by atoms with E-state index in [-0.39, 0.29) is 11.9 Å². The van der Waals surface area contributed by atoms with Gasteiger partial charge in [-0.15, -0.1) is 0 Å². The second-order valence-corrected chi connectivity index (χ2v) is 8.64. The maximum absolute atomic E-state index is 12.1. The van der Waals surface area contributed by atoms with Gasteiger partial charge in [-0.3, -0.25) is 0 Å². The molecule has 0 saturated carbocycles. The third kappa shape index (κ3) is 5.65. The number of hydrogen-bond acceptors (Lipinski definition) is 6. The number of esters is 1. The quantitative estimate of drug-likeness (QED) is 0.299. The molecule has 3 aromatic carbocycles. The molecule has 1 aliphatic rings. The molecule has 6 nitrogen and oxygen atoms in total. The van der Waals surface area contributed by atoms with Crippen LogP contribution in [-0.2, 0) is 20.7 Å². The van der Waals surface area contributed by atoms with E-state index in [4.69, 9.17) is 23.7 Å². The molecule has 4 rings (SSSR count). The summed E-state index contributed by atoms with van der Waals surface area (Å²) in [5, 5.41) is 0. The van der Waals surface area contributed by atoms with Crippen molar-refractivity contribution in [2.75, 3.05) is 34.0 Å². The fourth-order valence-corrected chi connectivity index (χ4v) is 4.76. The first-order valence-electron chi connectivity index (χ1n) is 12.4. The van der Waals surface area contributed by atoms with Gasteiger partial charge >= 0.3 is 5.97 Å². The maximum atomic E-state index is 12.1. The Balaban J connectivity index is 1.43. The van der Waals surface area contributed by atoms with Crippen LogP contribution in [0.3, 0.4) is 0 Å². The van der Waals surface area contributed by atoms with Crippen LogP contribution >= 0.6 is 0 Å². The average molecular weight is 491 g/mol. The lowest BCUT2D eigenvalue weighted by Crippen LogP contribution is -2.28. The first kappa shape index (κ1) is 25.6. The van der Waals surface area contributed by atoms with Crippen LogP contribution in [-0.4, -0.2) is 46.1 Å². The molecule has 36 heavy (non-hydrogen) atoms. The Bertz CT molecular complexity index is 1120. The molecule has 0 aliphatic heterocycles. The van der Waals surface area contributed by atoms with Gasteiger partial charge in [-0.05, 0) is 84.5 Å². The molecule has 3 aromatic rings. The highest BCUT2D eigenvalue weighted by Crippen LogP contribution is 2.48. The van der Waals surface area contributed by atoms with Gasteiger partial charge in [0.25, 0.3) is 0 Å². The number of hydrogen-bond donors (Lipinski definition) is 0. The van der Waals surface area contributed by atoms with Crippen LogP contribution in [0.5, 0.6) is 17.2 Å². The fourth-order valence-electron chi connectivity index (χ4n) is 4.76. The Kier molecular flexibility index (Phi) is 8.49. The summed E-state index contributed by atoms with van der Waals surface area (Å²) in [6.07, 6.45) is 0.682. The monoisotopic (exact) mass is 490 g/mol. The summed E-state index contributed by atoms with van der Waals surface area (Å²) >= 11 is 0. The summed E-state index contributed by atoms with van der Waals surface area (Å²) in [7, 11) is 3.38. The zero-order valence-corrected chi connectivity index (χ0v) is 21.4. The normalized spacial score (nSPS) is 13.0. The second-order valence-electron chi connectivity index (χ2n) is 8.64.